The van der Waals surface area contributed by atoms with E-state index in [1.807, 2.05) is 0 Å². The van der Waals surface area contributed by atoms with Crippen molar-refractivity contribution < 1.29 is 24.2 Å². The van der Waals surface area contributed by atoms with Crippen molar-refractivity contribution in [2.24, 2.45) is 4.99 Å². The molecule has 1 fully saturated rings. The molecule has 9 heteroatoms. The maximum atomic E-state index is 12.7. The van der Waals surface area contributed by atoms with Crippen LogP contribution in [0.3, 0.4) is 0 Å². The van der Waals surface area contributed by atoms with Crippen LogP contribution in [0.25, 0.3) is 6.08 Å². The molecule has 29 heavy (non-hydrogen) atoms. The Balaban J connectivity index is 1.93. The molecule has 0 radical (unpaired) electrons. The number of methoxy groups -OCH3 is 1. The van der Waals surface area contributed by atoms with Gasteiger partial charge in [-0.3, -0.25) is 9.69 Å². The molecule has 0 atom stereocenters. The molecular formula is C20H17ClN2O5S. The van der Waals surface area contributed by atoms with E-state index in [9.17, 15) is 9.59 Å². The Morgan fingerprint density at radius 2 is 2.00 bits per heavy atom. The highest BCUT2D eigenvalue weighted by molar-refractivity contribution is 8.18. The summed E-state index contributed by atoms with van der Waals surface area (Å²) >= 11 is 7.10. The van der Waals surface area contributed by atoms with E-state index >= 15 is 0 Å². The number of aliphatic imine (C=N–C) groups is 1. The fourth-order valence-electron chi connectivity index (χ4n) is 2.51. The lowest BCUT2D eigenvalue weighted by Gasteiger charge is -2.12. The molecule has 1 aliphatic heterocycles. The number of amidine groups is 1. The number of nitrogens with zero attached hydrogens (tertiary/aromatic N) is 2. The SMILES string of the molecule is COc1cccc(/C=C2\SC(=Nc3ccc(Cl)cc3)N(C)C2=O)c1OCC(=O)O. The Morgan fingerprint density at radius 3 is 2.66 bits per heavy atom. The molecule has 1 saturated heterocycles. The predicted octanol–water partition coefficient (Wildman–Crippen LogP) is 4.05. The van der Waals surface area contributed by atoms with Crippen LogP contribution < -0.4 is 9.47 Å². The number of carboxylic acid groups (broad SMARTS) is 1. The maximum Gasteiger partial charge on any atom is 0.341 e. The Morgan fingerprint density at radius 1 is 1.28 bits per heavy atom. The maximum absolute atomic E-state index is 12.7. The normalized spacial score (nSPS) is 16.5. The summed E-state index contributed by atoms with van der Waals surface area (Å²) < 4.78 is 10.6. The monoisotopic (exact) mass is 432 g/mol. The number of rotatable bonds is 6. The molecule has 1 aliphatic rings. The second-order valence-electron chi connectivity index (χ2n) is 5.91. The van der Waals surface area contributed by atoms with E-state index in [0.717, 1.165) is 0 Å². The summed E-state index contributed by atoms with van der Waals surface area (Å²) in [6.45, 7) is -0.527. The lowest BCUT2D eigenvalue weighted by molar-refractivity contribution is -0.139. The molecule has 150 valence electrons. The van der Waals surface area contributed by atoms with E-state index in [0.29, 0.717) is 32.1 Å². The zero-order valence-corrected chi connectivity index (χ0v) is 17.2. The number of ether oxygens (including phenoxy) is 2. The third kappa shape index (κ3) is 4.90. The van der Waals surface area contributed by atoms with Crippen LogP contribution in [-0.2, 0) is 9.59 Å². The van der Waals surface area contributed by atoms with E-state index in [1.165, 1.54) is 23.8 Å². The first-order chi connectivity index (χ1) is 13.9. The van der Waals surface area contributed by atoms with Crippen molar-refractivity contribution in [3.63, 3.8) is 0 Å². The van der Waals surface area contributed by atoms with Crippen LogP contribution in [0, 0.1) is 0 Å². The van der Waals surface area contributed by atoms with Crippen LogP contribution >= 0.6 is 23.4 Å². The van der Waals surface area contributed by atoms with E-state index < -0.39 is 12.6 Å². The molecule has 0 unspecified atom stereocenters. The molecule has 0 bridgehead atoms. The first kappa shape index (κ1) is 20.8. The van der Waals surface area contributed by atoms with Crippen LogP contribution in [0.2, 0.25) is 5.02 Å². The second kappa shape index (κ2) is 9.02. The number of carbonyl (C=O) groups is 2. The molecule has 1 heterocycles. The Labute approximate surface area is 176 Å². The molecule has 0 aromatic heterocycles. The summed E-state index contributed by atoms with van der Waals surface area (Å²) in [6, 6.07) is 12.1. The molecule has 3 rings (SSSR count). The fourth-order valence-corrected chi connectivity index (χ4v) is 3.62. The third-order valence-corrected chi connectivity index (χ3v) is 5.22. The van der Waals surface area contributed by atoms with Gasteiger partial charge in [0.1, 0.15) is 0 Å². The first-order valence-electron chi connectivity index (χ1n) is 8.42. The van der Waals surface area contributed by atoms with Gasteiger partial charge in [-0.15, -0.1) is 0 Å². The average Bonchev–Trinajstić information content (AvgIpc) is 2.96. The number of hydrogen-bond donors (Lipinski definition) is 1. The van der Waals surface area contributed by atoms with Gasteiger partial charge in [-0.2, -0.15) is 0 Å². The van der Waals surface area contributed by atoms with Gasteiger partial charge in [0.15, 0.2) is 23.3 Å². The number of para-hydroxylation sites is 1. The summed E-state index contributed by atoms with van der Waals surface area (Å²) in [7, 11) is 3.10. The molecule has 1 amide bonds. The van der Waals surface area contributed by atoms with E-state index in [1.54, 1.807) is 55.6 Å². The van der Waals surface area contributed by atoms with Crippen molar-refractivity contribution >= 4 is 52.2 Å². The van der Waals surface area contributed by atoms with Gasteiger partial charge in [-0.25, -0.2) is 9.79 Å². The fraction of sp³-hybridized carbons (Fsp3) is 0.150. The van der Waals surface area contributed by atoms with Crippen molar-refractivity contribution in [1.82, 2.24) is 4.90 Å². The molecule has 2 aromatic rings. The minimum absolute atomic E-state index is 0.227. The van der Waals surface area contributed by atoms with E-state index in [2.05, 4.69) is 4.99 Å². The molecule has 0 saturated carbocycles. The number of amides is 1. The highest BCUT2D eigenvalue weighted by atomic mass is 35.5. The van der Waals surface area contributed by atoms with Gasteiger partial charge in [0.2, 0.25) is 0 Å². The number of hydrogen-bond acceptors (Lipinski definition) is 6. The number of halogens is 1. The minimum atomic E-state index is -1.11. The van der Waals surface area contributed by atoms with Gasteiger partial charge in [0.05, 0.1) is 17.7 Å². The Bertz CT molecular complexity index is 1000. The van der Waals surface area contributed by atoms with Gasteiger partial charge in [-0.05, 0) is 48.2 Å². The number of carbonyl (C=O) groups excluding carboxylic acids is 1. The van der Waals surface area contributed by atoms with Crippen molar-refractivity contribution in [3.8, 4) is 11.5 Å². The highest BCUT2D eigenvalue weighted by Crippen LogP contribution is 2.37. The smallest absolute Gasteiger partial charge is 0.341 e. The summed E-state index contributed by atoms with van der Waals surface area (Å²) in [5.74, 6) is -0.712. The predicted molar refractivity (Wildman–Crippen MR) is 113 cm³/mol. The number of carboxylic acids is 1. The van der Waals surface area contributed by atoms with Crippen molar-refractivity contribution in [2.75, 3.05) is 20.8 Å². The molecule has 1 N–H and O–H groups in total. The molecule has 7 nitrogen and oxygen atoms in total. The van der Waals surface area contributed by atoms with Crippen LogP contribution in [0.1, 0.15) is 5.56 Å². The van der Waals surface area contributed by atoms with Gasteiger partial charge < -0.3 is 14.6 Å². The third-order valence-electron chi connectivity index (χ3n) is 3.91. The van der Waals surface area contributed by atoms with E-state index in [-0.39, 0.29) is 11.7 Å². The zero-order valence-electron chi connectivity index (χ0n) is 15.6. The molecule has 2 aromatic carbocycles. The topological polar surface area (TPSA) is 88.4 Å². The van der Waals surface area contributed by atoms with Gasteiger partial charge in [0, 0.05) is 17.6 Å². The van der Waals surface area contributed by atoms with Crippen LogP contribution in [-0.4, -0.2) is 47.8 Å². The standard InChI is InChI=1S/C20H17ClN2O5S/c1-23-19(26)16(29-20(23)22-14-8-6-13(21)7-9-14)10-12-4-3-5-15(27-2)18(12)28-11-17(24)25/h3-10H,11H2,1-2H3,(H,24,25)/b16-10-,22-20?. The number of benzene rings is 2. The van der Waals surface area contributed by atoms with Crippen LogP contribution in [0.5, 0.6) is 11.5 Å². The number of aliphatic carboxylic acids is 1. The minimum Gasteiger partial charge on any atom is -0.493 e. The lowest BCUT2D eigenvalue weighted by Crippen LogP contribution is -2.23. The van der Waals surface area contributed by atoms with Crippen molar-refractivity contribution in [2.45, 2.75) is 0 Å². The molecule has 0 spiro atoms. The first-order valence-corrected chi connectivity index (χ1v) is 9.62. The van der Waals surface area contributed by atoms with Crippen LogP contribution in [0.15, 0.2) is 52.4 Å². The van der Waals surface area contributed by atoms with Gasteiger partial charge >= 0.3 is 5.97 Å². The molecule has 0 aliphatic carbocycles. The molecular weight excluding hydrogens is 416 g/mol. The summed E-state index contributed by atoms with van der Waals surface area (Å²) in [4.78, 5) is 29.9. The number of likely N-dealkylation sites (N-methyl/N-ethyl adjacent to an activating group) is 1. The Kier molecular flexibility index (Phi) is 6.46. The Hall–Kier alpha value is -2.97. The lowest BCUT2D eigenvalue weighted by atomic mass is 10.1. The second-order valence-corrected chi connectivity index (χ2v) is 7.35. The van der Waals surface area contributed by atoms with E-state index in [4.69, 9.17) is 26.2 Å². The quantitative estimate of drug-likeness (QED) is 0.693. The van der Waals surface area contributed by atoms with Crippen LogP contribution in [0.4, 0.5) is 5.69 Å². The average molecular weight is 433 g/mol. The largest absolute Gasteiger partial charge is 0.493 e. The number of thioether (sulfide) groups is 1. The summed E-state index contributed by atoms with van der Waals surface area (Å²) in [5.41, 5.74) is 1.20. The van der Waals surface area contributed by atoms with Crippen molar-refractivity contribution in [1.29, 1.82) is 0 Å². The van der Waals surface area contributed by atoms with Gasteiger partial charge in [-0.1, -0.05) is 23.7 Å². The zero-order chi connectivity index (χ0) is 21.0. The summed E-state index contributed by atoms with van der Waals surface area (Å²) in [5, 5.41) is 10.0. The summed E-state index contributed by atoms with van der Waals surface area (Å²) in [6.07, 6.45) is 1.63. The highest BCUT2D eigenvalue weighted by Gasteiger charge is 2.30. The van der Waals surface area contributed by atoms with Crippen molar-refractivity contribution in [3.05, 3.63) is 58.0 Å². The van der Waals surface area contributed by atoms with Gasteiger partial charge in [0.25, 0.3) is 5.91 Å².